The van der Waals surface area contributed by atoms with E-state index in [-0.39, 0.29) is 12.5 Å². The zero-order valence-corrected chi connectivity index (χ0v) is 24.4. The smallest absolute Gasteiger partial charge is 0.255 e. The van der Waals surface area contributed by atoms with Crippen molar-refractivity contribution in [3.63, 3.8) is 0 Å². The van der Waals surface area contributed by atoms with Gasteiger partial charge >= 0.3 is 0 Å². The number of nitrogens with one attached hydrogen (secondary N) is 2. The highest BCUT2D eigenvalue weighted by Crippen LogP contribution is 2.43. The fourth-order valence-electron chi connectivity index (χ4n) is 4.54. The summed E-state index contributed by atoms with van der Waals surface area (Å²) in [6.45, 7) is 4.45. The van der Waals surface area contributed by atoms with Crippen LogP contribution in [0.5, 0.6) is 17.2 Å². The van der Waals surface area contributed by atoms with Crippen LogP contribution in [0.25, 0.3) is 0 Å². The summed E-state index contributed by atoms with van der Waals surface area (Å²) in [4.78, 5) is 18.2. The van der Waals surface area contributed by atoms with Gasteiger partial charge in [-0.25, -0.2) is 4.68 Å². The third kappa shape index (κ3) is 5.50. The normalized spacial score (nSPS) is 14.3. The zero-order valence-electron chi connectivity index (χ0n) is 22.1. The number of ether oxygens (including phenoxy) is 3. The molecule has 1 atom stereocenters. The van der Waals surface area contributed by atoms with Crippen LogP contribution in [0, 0.1) is 0 Å². The number of para-hydroxylation sites is 2. The Morgan fingerprint density at radius 2 is 1.90 bits per heavy atom. The fourth-order valence-corrected chi connectivity index (χ4v) is 5.30. The summed E-state index contributed by atoms with van der Waals surface area (Å²) < 4.78 is 19.9. The van der Waals surface area contributed by atoms with Gasteiger partial charge in [0.1, 0.15) is 24.7 Å². The third-order valence-electron chi connectivity index (χ3n) is 6.37. The Balaban J connectivity index is 1.52. The summed E-state index contributed by atoms with van der Waals surface area (Å²) in [5, 5.41) is 11.3. The molecular formula is C29H27BrClN5O4. The molecule has 5 rings (SSSR count). The Bertz CT molecular complexity index is 1590. The number of halogens is 2. The van der Waals surface area contributed by atoms with Gasteiger partial charge in [0, 0.05) is 16.3 Å². The van der Waals surface area contributed by atoms with Crippen LogP contribution in [-0.4, -0.2) is 34.4 Å². The van der Waals surface area contributed by atoms with E-state index in [1.165, 1.54) is 6.33 Å². The Morgan fingerprint density at radius 3 is 2.67 bits per heavy atom. The van der Waals surface area contributed by atoms with Crippen molar-refractivity contribution in [2.45, 2.75) is 26.5 Å². The second kappa shape index (κ2) is 12.0. The van der Waals surface area contributed by atoms with E-state index in [9.17, 15) is 4.79 Å². The highest BCUT2D eigenvalue weighted by molar-refractivity contribution is 9.10. The molecule has 11 heteroatoms. The average Bonchev–Trinajstić information content (AvgIpc) is 3.41. The maximum absolute atomic E-state index is 13.8. The molecule has 0 saturated carbocycles. The number of anilines is 2. The van der Waals surface area contributed by atoms with Crippen LogP contribution in [0.3, 0.4) is 0 Å². The topological polar surface area (TPSA) is 99.5 Å². The number of aromatic nitrogens is 3. The minimum Gasteiger partial charge on any atom is -0.493 e. The number of allylic oxidation sites excluding steroid dienone is 1. The zero-order chi connectivity index (χ0) is 28.2. The van der Waals surface area contributed by atoms with Gasteiger partial charge in [-0.2, -0.15) is 10.1 Å². The van der Waals surface area contributed by atoms with E-state index in [1.807, 2.05) is 68.4 Å². The molecule has 9 nitrogen and oxygen atoms in total. The molecule has 0 saturated heterocycles. The number of methoxy groups -OCH3 is 1. The van der Waals surface area contributed by atoms with Gasteiger partial charge in [-0.3, -0.25) is 4.79 Å². The van der Waals surface area contributed by atoms with Crippen LogP contribution in [0.1, 0.15) is 31.0 Å². The van der Waals surface area contributed by atoms with Gasteiger partial charge in [0.2, 0.25) is 5.95 Å². The molecule has 0 spiro atoms. The first-order chi connectivity index (χ1) is 19.4. The van der Waals surface area contributed by atoms with E-state index in [2.05, 4.69) is 36.6 Å². The largest absolute Gasteiger partial charge is 0.493 e. The average molecular weight is 625 g/mol. The predicted octanol–water partition coefficient (Wildman–Crippen LogP) is 6.61. The SMILES string of the molecule is CCOc1ccccc1NC(=O)C1=C(C)Nc2ncnn2C1c1cc(Br)c(OCc2ccccc2Cl)c(OC)c1. The molecule has 1 aromatic heterocycles. The van der Waals surface area contributed by atoms with Crippen molar-refractivity contribution in [2.75, 3.05) is 24.4 Å². The van der Waals surface area contributed by atoms with E-state index in [1.54, 1.807) is 17.9 Å². The molecule has 0 fully saturated rings. The second-order valence-corrected chi connectivity index (χ2v) is 10.2. The maximum Gasteiger partial charge on any atom is 0.255 e. The standard InChI is InChI=1S/C29H27BrClN5O4/c1-4-39-23-12-8-7-11-22(23)35-28(37)25-17(2)34-29-32-16-33-36(29)26(25)19-13-20(30)27(24(14-19)38-3)40-15-18-9-5-6-10-21(18)31/h5-14,16,26H,4,15H2,1-3H3,(H,35,37)(H,32,33,34). The Kier molecular flexibility index (Phi) is 8.27. The lowest BCUT2D eigenvalue weighted by molar-refractivity contribution is -0.113. The number of amides is 1. The number of hydrogen-bond donors (Lipinski definition) is 2. The molecule has 2 heterocycles. The minimum absolute atomic E-state index is 0.250. The van der Waals surface area contributed by atoms with Crippen molar-refractivity contribution in [1.29, 1.82) is 0 Å². The summed E-state index contributed by atoms with van der Waals surface area (Å²) in [6, 6.07) is 17.9. The fraction of sp³-hybridized carbons (Fsp3) is 0.207. The van der Waals surface area contributed by atoms with E-state index < -0.39 is 6.04 Å². The second-order valence-electron chi connectivity index (χ2n) is 8.89. The third-order valence-corrected chi connectivity index (χ3v) is 7.33. The first-order valence-corrected chi connectivity index (χ1v) is 13.7. The van der Waals surface area contributed by atoms with Gasteiger partial charge in [0.15, 0.2) is 11.5 Å². The number of rotatable bonds is 9. The van der Waals surface area contributed by atoms with Crippen molar-refractivity contribution >= 4 is 45.1 Å². The van der Waals surface area contributed by atoms with Gasteiger partial charge < -0.3 is 24.8 Å². The minimum atomic E-state index is -0.610. The number of nitrogens with zero attached hydrogens (tertiary/aromatic N) is 3. The summed E-state index contributed by atoms with van der Waals surface area (Å²) in [6.07, 6.45) is 1.45. The van der Waals surface area contributed by atoms with Crippen molar-refractivity contribution < 1.29 is 19.0 Å². The van der Waals surface area contributed by atoms with Crippen molar-refractivity contribution in [2.24, 2.45) is 0 Å². The highest BCUT2D eigenvalue weighted by Gasteiger charge is 2.35. The molecule has 3 aromatic carbocycles. The maximum atomic E-state index is 13.8. The molecule has 2 N–H and O–H groups in total. The molecule has 4 aromatic rings. The quantitative estimate of drug-likeness (QED) is 0.216. The first-order valence-electron chi connectivity index (χ1n) is 12.5. The van der Waals surface area contributed by atoms with E-state index in [0.717, 1.165) is 11.1 Å². The van der Waals surface area contributed by atoms with Crippen LogP contribution in [0.15, 0.2) is 82.7 Å². The molecule has 0 aliphatic carbocycles. The van der Waals surface area contributed by atoms with Crippen molar-refractivity contribution in [3.05, 3.63) is 98.9 Å². The molecular weight excluding hydrogens is 598 g/mol. The lowest BCUT2D eigenvalue weighted by Gasteiger charge is -2.29. The molecule has 1 unspecified atom stereocenters. The molecule has 1 amide bonds. The van der Waals surface area contributed by atoms with Crippen LogP contribution >= 0.6 is 27.5 Å². The number of benzene rings is 3. The van der Waals surface area contributed by atoms with E-state index in [0.29, 0.717) is 56.3 Å². The summed E-state index contributed by atoms with van der Waals surface area (Å²) in [7, 11) is 1.57. The van der Waals surface area contributed by atoms with Gasteiger partial charge in [-0.15, -0.1) is 0 Å². The summed E-state index contributed by atoms with van der Waals surface area (Å²) in [5.74, 6) is 1.79. The monoisotopic (exact) mass is 623 g/mol. The number of hydrogen-bond acceptors (Lipinski definition) is 7. The first kappa shape index (κ1) is 27.5. The van der Waals surface area contributed by atoms with Crippen LogP contribution in [0.4, 0.5) is 11.6 Å². The molecule has 1 aliphatic heterocycles. The van der Waals surface area contributed by atoms with E-state index >= 15 is 0 Å². The van der Waals surface area contributed by atoms with Gasteiger partial charge in [-0.05, 0) is 65.7 Å². The number of carbonyl (C=O) groups excluding carboxylic acids is 1. The molecule has 40 heavy (non-hydrogen) atoms. The van der Waals surface area contributed by atoms with Gasteiger partial charge in [-0.1, -0.05) is 41.9 Å². The van der Waals surface area contributed by atoms with Crippen LogP contribution < -0.4 is 24.8 Å². The molecule has 0 bridgehead atoms. The summed E-state index contributed by atoms with van der Waals surface area (Å²) in [5.41, 5.74) is 3.26. The van der Waals surface area contributed by atoms with Crippen molar-refractivity contribution in [1.82, 2.24) is 14.8 Å². The molecule has 0 radical (unpaired) electrons. The number of carbonyl (C=O) groups is 1. The Hall–Kier alpha value is -4.02. The van der Waals surface area contributed by atoms with Gasteiger partial charge in [0.05, 0.1) is 29.4 Å². The number of fused-ring (bicyclic) bond motifs is 1. The van der Waals surface area contributed by atoms with Gasteiger partial charge in [0.25, 0.3) is 5.91 Å². The van der Waals surface area contributed by atoms with E-state index in [4.69, 9.17) is 25.8 Å². The Labute approximate surface area is 245 Å². The van der Waals surface area contributed by atoms with Crippen LogP contribution in [-0.2, 0) is 11.4 Å². The highest BCUT2D eigenvalue weighted by atomic mass is 79.9. The molecule has 206 valence electrons. The lowest BCUT2D eigenvalue weighted by Crippen LogP contribution is -2.31. The Morgan fingerprint density at radius 1 is 1.12 bits per heavy atom. The van der Waals surface area contributed by atoms with Crippen LogP contribution in [0.2, 0.25) is 5.02 Å². The predicted molar refractivity (Wildman–Crippen MR) is 157 cm³/mol. The van der Waals surface area contributed by atoms with Crippen molar-refractivity contribution in [3.8, 4) is 17.2 Å². The summed E-state index contributed by atoms with van der Waals surface area (Å²) >= 11 is 9.97. The lowest BCUT2D eigenvalue weighted by atomic mass is 9.94. The molecule has 1 aliphatic rings.